The number of pyridine rings is 1. The van der Waals surface area contributed by atoms with Crippen LogP contribution in [-0.4, -0.2) is 27.8 Å². The van der Waals surface area contributed by atoms with E-state index in [2.05, 4.69) is 25.7 Å². The van der Waals surface area contributed by atoms with Crippen LogP contribution in [0.15, 0.2) is 53.7 Å². The number of rotatable bonds is 5. The molecule has 0 saturated carbocycles. The molecule has 0 atom stereocenters. The molecular weight excluding hydrogens is 520 g/mol. The number of guanidine groups is 1. The molecule has 0 aliphatic carbocycles. The second kappa shape index (κ2) is 10.6. The Balaban J connectivity index is 0.00000341. The molecule has 10 heteroatoms. The number of nitrogens with one attached hydrogen (secondary N) is 2. The topological polar surface area (TPSA) is 67.1 Å². The van der Waals surface area contributed by atoms with Crippen LogP contribution in [0, 0.1) is 13.8 Å². The smallest absolute Gasteiger partial charge is 0.352 e. The maximum absolute atomic E-state index is 12.6. The lowest BCUT2D eigenvalue weighted by molar-refractivity contribution is -0.137. The van der Waals surface area contributed by atoms with Crippen molar-refractivity contribution in [2.24, 2.45) is 4.99 Å². The first-order valence-corrected chi connectivity index (χ1v) is 9.35. The van der Waals surface area contributed by atoms with Gasteiger partial charge in [-0.3, -0.25) is 4.99 Å². The number of benzene rings is 1. The molecule has 3 aromatic rings. The molecule has 2 heterocycles. The van der Waals surface area contributed by atoms with Crippen molar-refractivity contribution >= 4 is 29.9 Å². The molecule has 3 rings (SSSR count). The van der Waals surface area contributed by atoms with Crippen molar-refractivity contribution in [1.82, 2.24) is 25.4 Å². The van der Waals surface area contributed by atoms with Gasteiger partial charge in [-0.15, -0.1) is 24.0 Å². The van der Waals surface area contributed by atoms with E-state index in [0.29, 0.717) is 19.0 Å². The molecule has 0 saturated heterocycles. The fourth-order valence-electron chi connectivity index (χ4n) is 2.91. The van der Waals surface area contributed by atoms with Crippen molar-refractivity contribution in [1.29, 1.82) is 0 Å². The number of hydrogen-bond donors (Lipinski definition) is 2. The van der Waals surface area contributed by atoms with Gasteiger partial charge in [-0.05, 0) is 49.2 Å². The van der Waals surface area contributed by atoms with E-state index in [4.69, 9.17) is 0 Å². The molecule has 1 aromatic carbocycles. The van der Waals surface area contributed by atoms with Crippen LogP contribution >= 0.6 is 24.0 Å². The van der Waals surface area contributed by atoms with Crippen LogP contribution in [0.2, 0.25) is 0 Å². The maximum Gasteiger partial charge on any atom is 0.416 e. The summed E-state index contributed by atoms with van der Waals surface area (Å²) in [5.74, 6) is 1.28. The first-order chi connectivity index (χ1) is 14.3. The van der Waals surface area contributed by atoms with E-state index < -0.39 is 11.7 Å². The number of nitrogens with zero attached hydrogens (tertiary/aromatic N) is 4. The van der Waals surface area contributed by atoms with E-state index in [1.807, 2.05) is 32.0 Å². The normalized spacial score (nSPS) is 11.7. The summed E-state index contributed by atoms with van der Waals surface area (Å²) in [6.45, 7) is 4.76. The Morgan fingerprint density at radius 3 is 2.10 bits per heavy atom. The first-order valence-electron chi connectivity index (χ1n) is 9.35. The fraction of sp³-hybridized carbons (Fsp3) is 0.286. The largest absolute Gasteiger partial charge is 0.416 e. The predicted octanol–water partition coefficient (Wildman–Crippen LogP) is 4.39. The number of aromatic nitrogens is 3. The summed E-state index contributed by atoms with van der Waals surface area (Å²) in [5.41, 5.74) is 2.96. The first kappa shape index (κ1) is 24.6. The minimum Gasteiger partial charge on any atom is -0.352 e. The van der Waals surface area contributed by atoms with Gasteiger partial charge in [0, 0.05) is 32.0 Å². The van der Waals surface area contributed by atoms with Crippen LogP contribution in [0.3, 0.4) is 0 Å². The van der Waals surface area contributed by atoms with Gasteiger partial charge in [0.1, 0.15) is 0 Å². The number of aryl methyl sites for hydroxylation is 2. The molecule has 2 aromatic heterocycles. The third-order valence-electron chi connectivity index (χ3n) is 4.46. The SMILES string of the molecule is CN=C(NCc1ccc(C(F)(F)F)cc1)NCc1ccc(-n2nc(C)cc2C)nc1.I. The van der Waals surface area contributed by atoms with Crippen molar-refractivity contribution in [3.05, 3.63) is 76.7 Å². The molecule has 0 aliphatic heterocycles. The number of halogens is 4. The molecular formula is C21H24F3IN6. The average molecular weight is 544 g/mol. The lowest BCUT2D eigenvalue weighted by Gasteiger charge is -2.13. The van der Waals surface area contributed by atoms with Gasteiger partial charge in [-0.1, -0.05) is 18.2 Å². The second-order valence-corrected chi connectivity index (χ2v) is 6.84. The van der Waals surface area contributed by atoms with Gasteiger partial charge in [0.05, 0.1) is 11.3 Å². The predicted molar refractivity (Wildman–Crippen MR) is 125 cm³/mol. The third-order valence-corrected chi connectivity index (χ3v) is 4.46. The molecule has 0 aliphatic rings. The zero-order chi connectivity index (χ0) is 21.7. The third kappa shape index (κ3) is 6.68. The molecule has 166 valence electrons. The highest BCUT2D eigenvalue weighted by Crippen LogP contribution is 2.29. The summed E-state index contributed by atoms with van der Waals surface area (Å²) in [4.78, 5) is 8.59. The van der Waals surface area contributed by atoms with Gasteiger partial charge in [0.25, 0.3) is 0 Å². The Hall–Kier alpha value is -2.63. The van der Waals surface area contributed by atoms with Gasteiger partial charge in [0.15, 0.2) is 11.8 Å². The quantitative estimate of drug-likeness (QED) is 0.284. The number of hydrogen-bond acceptors (Lipinski definition) is 3. The minimum atomic E-state index is -4.33. The second-order valence-electron chi connectivity index (χ2n) is 6.84. The van der Waals surface area contributed by atoms with Crippen molar-refractivity contribution in [2.75, 3.05) is 7.05 Å². The molecule has 0 radical (unpaired) electrons. The Kier molecular flexibility index (Phi) is 8.43. The van der Waals surface area contributed by atoms with E-state index >= 15 is 0 Å². The van der Waals surface area contributed by atoms with E-state index in [1.54, 1.807) is 17.9 Å². The van der Waals surface area contributed by atoms with Crippen LogP contribution in [0.5, 0.6) is 0 Å². The Morgan fingerprint density at radius 2 is 1.61 bits per heavy atom. The highest BCUT2D eigenvalue weighted by molar-refractivity contribution is 14.0. The molecule has 6 nitrogen and oxygen atoms in total. The zero-order valence-electron chi connectivity index (χ0n) is 17.4. The lowest BCUT2D eigenvalue weighted by Crippen LogP contribution is -2.36. The minimum absolute atomic E-state index is 0. The van der Waals surface area contributed by atoms with Crippen LogP contribution in [-0.2, 0) is 19.3 Å². The van der Waals surface area contributed by atoms with Gasteiger partial charge >= 0.3 is 6.18 Å². The zero-order valence-corrected chi connectivity index (χ0v) is 19.7. The van der Waals surface area contributed by atoms with Crippen molar-refractivity contribution < 1.29 is 13.2 Å². The summed E-state index contributed by atoms with van der Waals surface area (Å²) in [5, 5.41) is 10.7. The molecule has 0 amide bonds. The van der Waals surface area contributed by atoms with Gasteiger partial charge in [0.2, 0.25) is 0 Å². The van der Waals surface area contributed by atoms with Crippen molar-refractivity contribution in [3.8, 4) is 5.82 Å². The number of aliphatic imine (C=N–C) groups is 1. The highest BCUT2D eigenvalue weighted by Gasteiger charge is 2.29. The summed E-state index contributed by atoms with van der Waals surface area (Å²) in [6, 6.07) is 10.9. The van der Waals surface area contributed by atoms with Crippen molar-refractivity contribution in [2.45, 2.75) is 33.1 Å². The van der Waals surface area contributed by atoms with Gasteiger partial charge in [-0.2, -0.15) is 18.3 Å². The van der Waals surface area contributed by atoms with Gasteiger partial charge < -0.3 is 10.6 Å². The van der Waals surface area contributed by atoms with Crippen molar-refractivity contribution in [3.63, 3.8) is 0 Å². The average Bonchev–Trinajstić information content (AvgIpc) is 3.06. The van der Waals surface area contributed by atoms with Gasteiger partial charge in [-0.25, -0.2) is 9.67 Å². The van der Waals surface area contributed by atoms with E-state index in [1.165, 1.54) is 12.1 Å². The van der Waals surface area contributed by atoms with Crippen LogP contribution < -0.4 is 10.6 Å². The van der Waals surface area contributed by atoms with E-state index in [9.17, 15) is 13.2 Å². The van der Waals surface area contributed by atoms with Crippen LogP contribution in [0.1, 0.15) is 28.1 Å². The molecule has 0 spiro atoms. The molecule has 0 fully saturated rings. The fourth-order valence-corrected chi connectivity index (χ4v) is 2.91. The van der Waals surface area contributed by atoms with Crippen LogP contribution in [0.4, 0.5) is 13.2 Å². The summed E-state index contributed by atoms with van der Waals surface area (Å²) in [6.07, 6.45) is -2.57. The summed E-state index contributed by atoms with van der Waals surface area (Å²) in [7, 11) is 1.63. The summed E-state index contributed by atoms with van der Waals surface area (Å²) < 4.78 is 39.7. The number of alkyl halides is 3. The van der Waals surface area contributed by atoms with E-state index in [-0.39, 0.29) is 24.0 Å². The Morgan fingerprint density at radius 1 is 1.00 bits per heavy atom. The molecule has 31 heavy (non-hydrogen) atoms. The Bertz CT molecular complexity index is 1010. The molecule has 0 bridgehead atoms. The van der Waals surface area contributed by atoms with Crippen LogP contribution in [0.25, 0.3) is 5.82 Å². The van der Waals surface area contributed by atoms with E-state index in [0.717, 1.165) is 40.5 Å². The maximum atomic E-state index is 12.6. The molecule has 2 N–H and O–H groups in total. The standard InChI is InChI=1S/C21H23F3N6.HI/c1-14-10-15(2)30(29-14)19-9-6-17(12-26-19)13-28-20(25-3)27-11-16-4-7-18(8-5-16)21(22,23)24;/h4-10,12H,11,13H2,1-3H3,(H2,25,27,28);1H. The molecule has 0 unspecified atom stereocenters. The highest BCUT2D eigenvalue weighted by atomic mass is 127. The monoisotopic (exact) mass is 544 g/mol. The lowest BCUT2D eigenvalue weighted by atomic mass is 10.1. The summed E-state index contributed by atoms with van der Waals surface area (Å²) >= 11 is 0. The Labute approximate surface area is 196 Å².